The number of halogens is 1. The van der Waals surface area contributed by atoms with Crippen LogP contribution in [0.5, 0.6) is 0 Å². The summed E-state index contributed by atoms with van der Waals surface area (Å²) in [6, 6.07) is 21.3. The molecule has 154 valence electrons. The van der Waals surface area contributed by atoms with Gasteiger partial charge < -0.3 is 9.30 Å². The molecule has 0 radical (unpaired) electrons. The molecule has 0 fully saturated rings. The van der Waals surface area contributed by atoms with Crippen LogP contribution in [-0.4, -0.2) is 25.0 Å². The minimum Gasteiger partial charge on any atom is -0.465 e. The van der Waals surface area contributed by atoms with Crippen molar-refractivity contribution < 1.29 is 23.3 Å². The van der Waals surface area contributed by atoms with Crippen LogP contribution in [0.25, 0.3) is 0 Å². The monoisotopic (exact) mass is 424 g/mol. The Hall–Kier alpha value is -3.04. The van der Waals surface area contributed by atoms with Crippen molar-refractivity contribution in [1.82, 2.24) is 0 Å². The summed E-state index contributed by atoms with van der Waals surface area (Å²) in [4.78, 5) is 24.1. The molecule has 3 aromatic rings. The van der Waals surface area contributed by atoms with Gasteiger partial charge in [-0.25, -0.2) is 9.18 Å². The van der Waals surface area contributed by atoms with Crippen molar-refractivity contribution in [2.75, 3.05) is 13.3 Å². The minimum absolute atomic E-state index is 0.0756. The average Bonchev–Trinajstić information content (AvgIpc) is 2.78. The molecule has 0 amide bonds. The van der Waals surface area contributed by atoms with Crippen molar-refractivity contribution in [2.24, 2.45) is 0 Å². The molecule has 0 saturated carbocycles. The number of Topliss-reactive ketones (excluding diaryl/α,β-unsaturated/α-hetero) is 1. The lowest BCUT2D eigenvalue weighted by molar-refractivity contribution is -0.118. The first kappa shape index (κ1) is 21.7. The molecule has 3 aromatic carbocycles. The number of rotatable bonds is 8. The molecular formula is C24H22FO4P. The van der Waals surface area contributed by atoms with Gasteiger partial charge in [0, 0.05) is 29.6 Å². The van der Waals surface area contributed by atoms with Crippen LogP contribution in [0.3, 0.4) is 0 Å². The fourth-order valence-electron chi connectivity index (χ4n) is 3.25. The number of ether oxygens (including phenoxy) is 1. The standard InChI is InChI=1S/C24H22FO4P/c1-29-24(27)19-12-10-18(11-13-19)16-21(26)14-15-30(28,22-7-3-2-4-8-22)23-9-5-6-20(25)17-23/h2-13,17H,14-16H2,1H3. The Kier molecular flexibility index (Phi) is 6.96. The van der Waals surface area contributed by atoms with E-state index in [9.17, 15) is 18.5 Å². The molecule has 1 atom stereocenters. The van der Waals surface area contributed by atoms with E-state index in [-0.39, 0.29) is 24.8 Å². The Labute approximate surface area is 175 Å². The van der Waals surface area contributed by atoms with Crippen molar-refractivity contribution in [3.05, 3.63) is 95.8 Å². The molecule has 0 heterocycles. The Morgan fingerprint density at radius 3 is 2.20 bits per heavy atom. The van der Waals surface area contributed by atoms with E-state index in [4.69, 9.17) is 0 Å². The summed E-state index contributed by atoms with van der Waals surface area (Å²) in [6.45, 7) is 0. The zero-order chi connectivity index (χ0) is 21.6. The molecule has 1 unspecified atom stereocenters. The molecule has 0 aromatic heterocycles. The van der Waals surface area contributed by atoms with Crippen LogP contribution < -0.4 is 10.6 Å². The molecule has 3 rings (SSSR count). The van der Waals surface area contributed by atoms with Crippen LogP contribution in [0, 0.1) is 5.82 Å². The lowest BCUT2D eigenvalue weighted by Crippen LogP contribution is -2.20. The second kappa shape index (κ2) is 9.64. The molecule has 0 N–H and O–H groups in total. The highest BCUT2D eigenvalue weighted by atomic mass is 31.2. The molecule has 0 aliphatic rings. The van der Waals surface area contributed by atoms with Crippen molar-refractivity contribution in [3.63, 3.8) is 0 Å². The number of ketones is 1. The number of hydrogen-bond donors (Lipinski definition) is 0. The summed E-state index contributed by atoms with van der Waals surface area (Å²) in [7, 11) is -1.85. The van der Waals surface area contributed by atoms with E-state index in [2.05, 4.69) is 4.74 Å². The van der Waals surface area contributed by atoms with E-state index in [0.717, 1.165) is 5.56 Å². The number of esters is 1. The number of carbonyl (C=O) groups is 2. The van der Waals surface area contributed by atoms with Gasteiger partial charge in [0.15, 0.2) is 0 Å². The van der Waals surface area contributed by atoms with Crippen LogP contribution in [-0.2, 0) is 20.5 Å². The highest BCUT2D eigenvalue weighted by Crippen LogP contribution is 2.44. The van der Waals surface area contributed by atoms with Crippen molar-refractivity contribution >= 4 is 29.5 Å². The fraction of sp³-hybridized carbons (Fsp3) is 0.167. The Bertz CT molecular complexity index is 1080. The van der Waals surface area contributed by atoms with E-state index in [0.29, 0.717) is 16.2 Å². The second-order valence-corrected chi connectivity index (χ2v) is 9.89. The van der Waals surface area contributed by atoms with Crippen LogP contribution in [0.2, 0.25) is 0 Å². The van der Waals surface area contributed by atoms with Crippen molar-refractivity contribution in [1.29, 1.82) is 0 Å². The summed E-state index contributed by atoms with van der Waals surface area (Å²) in [5.74, 6) is -0.971. The van der Waals surface area contributed by atoms with Gasteiger partial charge in [-0.1, -0.05) is 54.6 Å². The third-order valence-electron chi connectivity index (χ3n) is 4.88. The second-order valence-electron chi connectivity index (χ2n) is 6.93. The van der Waals surface area contributed by atoms with E-state index < -0.39 is 18.9 Å². The van der Waals surface area contributed by atoms with Gasteiger partial charge in [0.05, 0.1) is 12.7 Å². The van der Waals surface area contributed by atoms with Crippen LogP contribution >= 0.6 is 7.14 Å². The van der Waals surface area contributed by atoms with E-state index in [1.54, 1.807) is 54.6 Å². The van der Waals surface area contributed by atoms with Crippen molar-refractivity contribution in [2.45, 2.75) is 12.8 Å². The Balaban J connectivity index is 1.75. The Morgan fingerprint density at radius 1 is 0.900 bits per heavy atom. The zero-order valence-electron chi connectivity index (χ0n) is 16.6. The normalized spacial score (nSPS) is 12.7. The van der Waals surface area contributed by atoms with Crippen LogP contribution in [0.4, 0.5) is 4.39 Å². The molecule has 0 saturated heterocycles. The predicted molar refractivity (Wildman–Crippen MR) is 116 cm³/mol. The van der Waals surface area contributed by atoms with Gasteiger partial charge in [0.2, 0.25) is 0 Å². The highest BCUT2D eigenvalue weighted by molar-refractivity contribution is 7.78. The number of carbonyl (C=O) groups excluding carboxylic acids is 2. The maximum Gasteiger partial charge on any atom is 0.337 e. The third-order valence-corrected chi connectivity index (χ3v) is 7.98. The first-order chi connectivity index (χ1) is 14.4. The number of benzene rings is 3. The largest absolute Gasteiger partial charge is 0.465 e. The number of hydrogen-bond acceptors (Lipinski definition) is 4. The van der Waals surface area contributed by atoms with Crippen LogP contribution in [0.1, 0.15) is 22.3 Å². The maximum atomic E-state index is 13.9. The van der Waals surface area contributed by atoms with Crippen LogP contribution in [0.15, 0.2) is 78.9 Å². The third kappa shape index (κ3) is 5.11. The van der Waals surface area contributed by atoms with Gasteiger partial charge in [0.1, 0.15) is 18.7 Å². The molecule has 0 aliphatic carbocycles. The summed E-state index contributed by atoms with van der Waals surface area (Å²) >= 11 is 0. The first-order valence-electron chi connectivity index (χ1n) is 9.52. The van der Waals surface area contributed by atoms with Gasteiger partial charge in [-0.3, -0.25) is 4.79 Å². The molecule has 0 spiro atoms. The molecule has 4 nitrogen and oxygen atoms in total. The van der Waals surface area contributed by atoms with E-state index in [1.807, 2.05) is 6.07 Å². The lowest BCUT2D eigenvalue weighted by atomic mass is 10.1. The molecule has 0 aliphatic heterocycles. The van der Waals surface area contributed by atoms with Gasteiger partial charge in [0.25, 0.3) is 0 Å². The smallest absolute Gasteiger partial charge is 0.337 e. The first-order valence-corrected chi connectivity index (χ1v) is 11.4. The topological polar surface area (TPSA) is 60.4 Å². The van der Waals surface area contributed by atoms with Gasteiger partial charge in [-0.15, -0.1) is 0 Å². The van der Waals surface area contributed by atoms with Gasteiger partial charge in [-0.05, 0) is 29.8 Å². The summed E-state index contributed by atoms with van der Waals surface area (Å²) in [5, 5.41) is 1.01. The highest BCUT2D eigenvalue weighted by Gasteiger charge is 2.28. The maximum absolute atomic E-state index is 13.9. The van der Waals surface area contributed by atoms with E-state index >= 15 is 0 Å². The predicted octanol–water partition coefficient (Wildman–Crippen LogP) is 4.13. The average molecular weight is 424 g/mol. The minimum atomic E-state index is -3.16. The molecule has 6 heteroatoms. The fourth-order valence-corrected chi connectivity index (χ4v) is 5.94. The summed E-state index contributed by atoms with van der Waals surface area (Å²) < 4.78 is 32.4. The quantitative estimate of drug-likeness (QED) is 0.403. The SMILES string of the molecule is COC(=O)c1ccc(CC(=O)CCP(=O)(c2ccccc2)c2cccc(F)c2)cc1. The lowest BCUT2D eigenvalue weighted by Gasteiger charge is -2.19. The van der Waals surface area contributed by atoms with Crippen molar-refractivity contribution in [3.8, 4) is 0 Å². The number of methoxy groups -OCH3 is 1. The zero-order valence-corrected chi connectivity index (χ0v) is 17.5. The van der Waals surface area contributed by atoms with E-state index in [1.165, 1.54) is 25.3 Å². The van der Waals surface area contributed by atoms with Gasteiger partial charge in [-0.2, -0.15) is 0 Å². The summed E-state index contributed by atoms with van der Waals surface area (Å²) in [6.07, 6.45) is 0.389. The molecule has 0 bridgehead atoms. The summed E-state index contributed by atoms with van der Waals surface area (Å²) in [5.41, 5.74) is 1.17. The molecular weight excluding hydrogens is 402 g/mol. The van der Waals surface area contributed by atoms with Gasteiger partial charge >= 0.3 is 5.97 Å². The molecule has 30 heavy (non-hydrogen) atoms. The Morgan fingerprint density at radius 2 is 1.57 bits per heavy atom.